The minimum Gasteiger partial charge on any atom is -0.396 e. The molecule has 47 heavy (non-hydrogen) atoms. The van der Waals surface area contributed by atoms with Gasteiger partial charge in [0.2, 0.25) is 15.9 Å². The summed E-state index contributed by atoms with van der Waals surface area (Å²) >= 11 is 0. The number of carbonyl (C=O) groups is 1. The van der Waals surface area contributed by atoms with E-state index in [1.165, 1.54) is 12.1 Å². The number of halogens is 1. The van der Waals surface area contributed by atoms with Crippen molar-refractivity contribution in [3.8, 4) is 23.7 Å². The number of amides is 1. The average Bonchev–Trinajstić information content (AvgIpc) is 3.06. The van der Waals surface area contributed by atoms with Gasteiger partial charge in [0.25, 0.3) is 0 Å². The third kappa shape index (κ3) is 10.5. The summed E-state index contributed by atoms with van der Waals surface area (Å²) in [6.45, 7) is 0.124. The molecule has 0 aliphatic carbocycles. The average molecular weight is 661 g/mol. The van der Waals surface area contributed by atoms with E-state index in [4.69, 9.17) is 0 Å². The molecule has 3 aromatic carbocycles. The summed E-state index contributed by atoms with van der Waals surface area (Å²) in [5.74, 6) is 11.2. The van der Waals surface area contributed by atoms with Crippen LogP contribution in [0.15, 0.2) is 72.8 Å². The fourth-order valence-electron chi connectivity index (χ4n) is 5.40. The predicted molar refractivity (Wildman–Crippen MR) is 180 cm³/mol. The molecular formula is C37H41FN2O6S. The first-order chi connectivity index (χ1) is 22.6. The largest absolute Gasteiger partial charge is 0.396 e. The van der Waals surface area contributed by atoms with Crippen molar-refractivity contribution in [2.24, 2.45) is 11.8 Å². The minimum atomic E-state index is -3.18. The number of sulfonamides is 1. The number of benzene rings is 3. The Morgan fingerprint density at radius 2 is 1.51 bits per heavy atom. The standard InChI is InChI=1S/C37H41FN2O6S/c1-47(45,46)39-24-5-3-2-4-7-27-12-20-33(21-13-27)40-36(31-14-10-28(11-15-31)8-6-9-29(25-41)26-42)34(37(40)44)22-23-35(43)30-16-18-32(38)19-17-30/h10-21,29,34-36,39,41-43H,2-3,5,9,22-26H2,1H3. The lowest BCUT2D eigenvalue weighted by molar-refractivity contribution is -0.131. The van der Waals surface area contributed by atoms with Gasteiger partial charge in [0.05, 0.1) is 24.3 Å². The van der Waals surface area contributed by atoms with Crippen molar-refractivity contribution >= 4 is 21.6 Å². The number of rotatable bonds is 14. The summed E-state index contributed by atoms with van der Waals surface area (Å²) in [6, 6.07) is 20.6. The Morgan fingerprint density at radius 3 is 2.13 bits per heavy atom. The van der Waals surface area contributed by atoms with Crippen molar-refractivity contribution in [3.63, 3.8) is 0 Å². The lowest BCUT2D eigenvalue weighted by Gasteiger charge is -2.48. The van der Waals surface area contributed by atoms with Crippen molar-refractivity contribution in [3.05, 3.63) is 101 Å². The molecule has 1 aliphatic heterocycles. The summed E-state index contributed by atoms with van der Waals surface area (Å²) < 4.78 is 38.1. The van der Waals surface area contributed by atoms with Crippen molar-refractivity contribution in [1.82, 2.24) is 4.72 Å². The second-order valence-corrected chi connectivity index (χ2v) is 13.6. The van der Waals surface area contributed by atoms with Gasteiger partial charge in [0, 0.05) is 55.3 Å². The first-order valence-corrected chi connectivity index (χ1v) is 17.6. The van der Waals surface area contributed by atoms with Gasteiger partial charge in [-0.1, -0.05) is 47.9 Å². The second kappa shape index (κ2) is 17.2. The maximum absolute atomic E-state index is 13.6. The SMILES string of the molecule is CS(=O)(=O)NCCCCC#Cc1ccc(N2C(=O)C(CCC(O)c3ccc(F)cc3)C2c2ccc(C#CCC(CO)CO)cc2)cc1. The zero-order chi connectivity index (χ0) is 33.8. The number of unbranched alkanes of at least 4 members (excludes halogenated alkanes) is 2. The number of hydrogen-bond acceptors (Lipinski definition) is 6. The molecule has 0 radical (unpaired) electrons. The van der Waals surface area contributed by atoms with Crippen LogP contribution in [0.5, 0.6) is 0 Å². The number of nitrogens with zero attached hydrogens (tertiary/aromatic N) is 1. The van der Waals surface area contributed by atoms with Gasteiger partial charge in [-0.25, -0.2) is 17.5 Å². The molecule has 1 aliphatic rings. The van der Waals surface area contributed by atoms with E-state index < -0.39 is 16.1 Å². The van der Waals surface area contributed by atoms with Crippen LogP contribution in [0.3, 0.4) is 0 Å². The Bertz CT molecular complexity index is 1700. The molecule has 10 heteroatoms. The van der Waals surface area contributed by atoms with E-state index in [0.29, 0.717) is 44.2 Å². The third-order valence-corrected chi connectivity index (χ3v) is 8.81. The Kier molecular flexibility index (Phi) is 13.1. The van der Waals surface area contributed by atoms with Crippen molar-refractivity contribution in [2.45, 2.75) is 50.7 Å². The van der Waals surface area contributed by atoms with Crippen LogP contribution in [-0.4, -0.2) is 55.7 Å². The molecule has 1 saturated heterocycles. The van der Waals surface area contributed by atoms with Crippen LogP contribution in [0.25, 0.3) is 0 Å². The van der Waals surface area contributed by atoms with Crippen LogP contribution >= 0.6 is 0 Å². The molecule has 3 aromatic rings. The van der Waals surface area contributed by atoms with Crippen LogP contribution in [0.1, 0.15) is 72.9 Å². The molecule has 4 rings (SSSR count). The number of hydrogen-bond donors (Lipinski definition) is 4. The van der Waals surface area contributed by atoms with E-state index in [1.54, 1.807) is 17.0 Å². The maximum Gasteiger partial charge on any atom is 0.233 e. The summed E-state index contributed by atoms with van der Waals surface area (Å²) in [6.07, 6.45) is 3.56. The van der Waals surface area contributed by atoms with E-state index in [0.717, 1.165) is 35.1 Å². The summed E-state index contributed by atoms with van der Waals surface area (Å²) in [7, 11) is -3.18. The van der Waals surface area contributed by atoms with Gasteiger partial charge in [-0.2, -0.15) is 0 Å². The van der Waals surface area contributed by atoms with E-state index in [1.807, 2.05) is 48.5 Å². The highest BCUT2D eigenvalue weighted by Crippen LogP contribution is 2.46. The first-order valence-electron chi connectivity index (χ1n) is 15.7. The number of β-lactam (4-membered cyclic amide) rings is 1. The summed E-state index contributed by atoms with van der Waals surface area (Å²) in [4.78, 5) is 15.3. The van der Waals surface area contributed by atoms with Gasteiger partial charge in [0.15, 0.2) is 0 Å². The van der Waals surface area contributed by atoms with Gasteiger partial charge >= 0.3 is 0 Å². The highest BCUT2D eigenvalue weighted by molar-refractivity contribution is 7.88. The Labute approximate surface area is 276 Å². The lowest BCUT2D eigenvalue weighted by atomic mass is 9.78. The highest BCUT2D eigenvalue weighted by Gasteiger charge is 2.48. The fraction of sp³-hybridized carbons (Fsp3) is 0.378. The molecule has 3 unspecified atom stereocenters. The number of carbonyl (C=O) groups excluding carboxylic acids is 1. The van der Waals surface area contributed by atoms with Gasteiger partial charge in [-0.3, -0.25) is 4.79 Å². The van der Waals surface area contributed by atoms with Crippen LogP contribution < -0.4 is 9.62 Å². The van der Waals surface area contributed by atoms with Crippen LogP contribution in [-0.2, 0) is 14.8 Å². The summed E-state index contributed by atoms with van der Waals surface area (Å²) in [5, 5.41) is 29.3. The molecule has 0 spiro atoms. The molecule has 0 aromatic heterocycles. The Hall–Kier alpha value is -4.03. The molecule has 1 fully saturated rings. The van der Waals surface area contributed by atoms with E-state index in [9.17, 15) is 32.9 Å². The fourth-order valence-corrected chi connectivity index (χ4v) is 5.92. The second-order valence-electron chi connectivity index (χ2n) is 11.7. The molecular weight excluding hydrogens is 619 g/mol. The van der Waals surface area contributed by atoms with Crippen molar-refractivity contribution in [2.75, 3.05) is 30.9 Å². The maximum atomic E-state index is 13.6. The van der Waals surface area contributed by atoms with Crippen molar-refractivity contribution in [1.29, 1.82) is 0 Å². The summed E-state index contributed by atoms with van der Waals surface area (Å²) in [5.41, 5.74) is 3.84. The molecule has 3 atom stereocenters. The topological polar surface area (TPSA) is 127 Å². The highest BCUT2D eigenvalue weighted by atomic mass is 32.2. The van der Waals surface area contributed by atoms with Gasteiger partial charge in [-0.05, 0) is 85.3 Å². The Morgan fingerprint density at radius 1 is 0.894 bits per heavy atom. The monoisotopic (exact) mass is 660 g/mol. The smallest absolute Gasteiger partial charge is 0.233 e. The van der Waals surface area contributed by atoms with Crippen LogP contribution in [0, 0.1) is 41.3 Å². The first kappa shape index (κ1) is 35.8. The zero-order valence-electron chi connectivity index (χ0n) is 26.4. The van der Waals surface area contributed by atoms with E-state index in [-0.39, 0.29) is 42.8 Å². The quantitative estimate of drug-likeness (QED) is 0.115. The molecule has 248 valence electrons. The van der Waals surface area contributed by atoms with Gasteiger partial charge in [-0.15, -0.1) is 0 Å². The zero-order valence-corrected chi connectivity index (χ0v) is 27.2. The third-order valence-electron chi connectivity index (χ3n) is 8.08. The Balaban J connectivity index is 1.46. The number of aliphatic hydroxyl groups is 3. The lowest BCUT2D eigenvalue weighted by Crippen LogP contribution is -2.55. The minimum absolute atomic E-state index is 0.0502. The molecule has 0 saturated carbocycles. The molecule has 0 bridgehead atoms. The molecule has 1 amide bonds. The predicted octanol–water partition coefficient (Wildman–Crippen LogP) is 4.46. The normalized spacial score (nSPS) is 16.6. The van der Waals surface area contributed by atoms with Gasteiger partial charge in [0.1, 0.15) is 5.82 Å². The number of nitrogens with one attached hydrogen (secondary N) is 1. The number of aliphatic hydroxyl groups excluding tert-OH is 3. The van der Waals surface area contributed by atoms with E-state index >= 15 is 0 Å². The molecule has 8 nitrogen and oxygen atoms in total. The number of anilines is 1. The van der Waals surface area contributed by atoms with Crippen molar-refractivity contribution < 1.29 is 32.9 Å². The molecule has 4 N–H and O–H groups in total. The van der Waals surface area contributed by atoms with Gasteiger partial charge < -0.3 is 20.2 Å². The molecule has 1 heterocycles. The van der Waals surface area contributed by atoms with Crippen LogP contribution in [0.4, 0.5) is 10.1 Å². The van der Waals surface area contributed by atoms with E-state index in [2.05, 4.69) is 28.4 Å². The van der Waals surface area contributed by atoms with Crippen LogP contribution in [0.2, 0.25) is 0 Å².